The number of nitrogens with zero attached hydrogens (tertiary/aromatic N) is 6. The van der Waals surface area contributed by atoms with E-state index in [2.05, 4.69) is 31.3 Å². The summed E-state index contributed by atoms with van der Waals surface area (Å²) >= 11 is 1.69. The van der Waals surface area contributed by atoms with E-state index in [1.807, 2.05) is 66.9 Å². The number of aromatic nitrogens is 5. The molecule has 0 spiro atoms. The quantitative estimate of drug-likeness (QED) is 0.505. The number of carbonyl (C=O) groups is 1. The lowest BCUT2D eigenvalue weighted by atomic mass is 10.1. The molecule has 1 aliphatic heterocycles. The van der Waals surface area contributed by atoms with Crippen LogP contribution < -0.4 is 0 Å². The molecule has 5 rings (SSSR count). The molecule has 3 aromatic heterocycles. The first-order valence-corrected chi connectivity index (χ1v) is 10.8. The highest BCUT2D eigenvalue weighted by Gasteiger charge is 2.32. The van der Waals surface area contributed by atoms with Gasteiger partial charge in [0.15, 0.2) is 11.6 Å². The van der Waals surface area contributed by atoms with Gasteiger partial charge in [0.2, 0.25) is 0 Å². The van der Waals surface area contributed by atoms with E-state index in [0.29, 0.717) is 18.7 Å². The van der Waals surface area contributed by atoms with E-state index in [1.54, 1.807) is 11.3 Å². The van der Waals surface area contributed by atoms with E-state index in [0.717, 1.165) is 28.6 Å². The van der Waals surface area contributed by atoms with Gasteiger partial charge in [-0.25, -0.2) is 0 Å². The predicted octanol–water partition coefficient (Wildman–Crippen LogP) is 3.93. The second kappa shape index (κ2) is 7.21. The Morgan fingerprint density at radius 3 is 2.60 bits per heavy atom. The first-order chi connectivity index (χ1) is 14.5. The van der Waals surface area contributed by atoms with E-state index < -0.39 is 0 Å². The molecule has 0 saturated heterocycles. The third-order valence-electron chi connectivity index (χ3n) is 5.61. The van der Waals surface area contributed by atoms with Crippen molar-refractivity contribution in [1.82, 2.24) is 29.4 Å². The maximum Gasteiger partial charge on any atom is 0.254 e. The number of fused-ring (bicyclic) bond motifs is 1. The van der Waals surface area contributed by atoms with E-state index in [4.69, 9.17) is 0 Å². The van der Waals surface area contributed by atoms with E-state index in [-0.39, 0.29) is 11.9 Å². The fraction of sp³-hybridized carbons (Fsp3) is 0.273. The number of aryl methyl sites for hydroxylation is 2. The molecule has 1 aromatic carbocycles. The number of thiophene rings is 1. The van der Waals surface area contributed by atoms with Crippen LogP contribution in [0.3, 0.4) is 0 Å². The minimum absolute atomic E-state index is 0.0207. The highest BCUT2D eigenvalue weighted by Crippen LogP contribution is 2.30. The minimum Gasteiger partial charge on any atom is -0.327 e. The van der Waals surface area contributed by atoms with Crippen molar-refractivity contribution in [3.8, 4) is 22.0 Å². The molecule has 0 N–H and O–H groups in total. The van der Waals surface area contributed by atoms with Crippen molar-refractivity contribution in [2.75, 3.05) is 6.54 Å². The zero-order valence-corrected chi connectivity index (χ0v) is 17.9. The van der Waals surface area contributed by atoms with Crippen LogP contribution in [-0.2, 0) is 13.6 Å². The normalized spacial score (nSPS) is 16.0. The van der Waals surface area contributed by atoms with Crippen LogP contribution in [0.1, 0.15) is 34.8 Å². The monoisotopic (exact) mass is 418 g/mol. The average Bonchev–Trinajstić information content (AvgIpc) is 3.48. The van der Waals surface area contributed by atoms with Crippen molar-refractivity contribution in [2.24, 2.45) is 7.05 Å². The average molecular weight is 419 g/mol. The molecule has 4 aromatic rings. The molecule has 0 bridgehead atoms. The van der Waals surface area contributed by atoms with Crippen LogP contribution in [0.25, 0.3) is 22.0 Å². The van der Waals surface area contributed by atoms with E-state index >= 15 is 0 Å². The van der Waals surface area contributed by atoms with Gasteiger partial charge in [0.05, 0.1) is 11.7 Å². The summed E-state index contributed by atoms with van der Waals surface area (Å²) in [6.45, 7) is 5.24. The lowest BCUT2D eigenvalue weighted by molar-refractivity contribution is 0.0638. The maximum absolute atomic E-state index is 13.2. The summed E-state index contributed by atoms with van der Waals surface area (Å²) in [5.74, 6) is 1.62. The van der Waals surface area contributed by atoms with Gasteiger partial charge in [0.25, 0.3) is 5.91 Å². The maximum atomic E-state index is 13.2. The molecule has 1 atom stereocenters. The van der Waals surface area contributed by atoms with Crippen LogP contribution in [0, 0.1) is 6.92 Å². The topological polar surface area (TPSA) is 68.8 Å². The summed E-state index contributed by atoms with van der Waals surface area (Å²) in [6, 6.07) is 13.8. The summed E-state index contributed by atoms with van der Waals surface area (Å²) in [5.41, 5.74) is 3.70. The molecule has 1 amide bonds. The lowest BCUT2D eigenvalue weighted by Gasteiger charge is -2.33. The third-order valence-corrected chi connectivity index (χ3v) is 6.53. The standard InChI is InChI=1S/C22H22N6OS/c1-14-13-18(26(3)25-14)21-24-23-20-15(2)27(10-11-28(20)21)22(29)17-8-6-16(7-9-17)19-5-4-12-30-19/h4-9,12-13,15H,10-11H2,1-3H3. The molecule has 152 valence electrons. The molecule has 1 aliphatic rings. The number of amides is 1. The smallest absolute Gasteiger partial charge is 0.254 e. The predicted molar refractivity (Wildman–Crippen MR) is 116 cm³/mol. The second-order valence-electron chi connectivity index (χ2n) is 7.56. The summed E-state index contributed by atoms with van der Waals surface area (Å²) in [6.07, 6.45) is 0. The van der Waals surface area contributed by atoms with Crippen molar-refractivity contribution in [3.05, 3.63) is 64.9 Å². The summed E-state index contributed by atoms with van der Waals surface area (Å²) in [4.78, 5) is 16.3. The fourth-order valence-electron chi connectivity index (χ4n) is 4.06. The van der Waals surface area contributed by atoms with Gasteiger partial charge in [0, 0.05) is 30.6 Å². The van der Waals surface area contributed by atoms with Gasteiger partial charge in [-0.15, -0.1) is 21.5 Å². The lowest BCUT2D eigenvalue weighted by Crippen LogP contribution is -2.41. The molecular formula is C22H22N6OS. The number of rotatable bonds is 3. The fourth-order valence-corrected chi connectivity index (χ4v) is 4.79. The van der Waals surface area contributed by atoms with Gasteiger partial charge in [-0.2, -0.15) is 5.10 Å². The largest absolute Gasteiger partial charge is 0.327 e. The Kier molecular flexibility index (Phi) is 4.51. The molecule has 0 saturated carbocycles. The van der Waals surface area contributed by atoms with Gasteiger partial charge in [0.1, 0.15) is 5.69 Å². The molecule has 0 radical (unpaired) electrons. The van der Waals surface area contributed by atoms with Gasteiger partial charge in [-0.05, 0) is 49.1 Å². The van der Waals surface area contributed by atoms with Crippen molar-refractivity contribution in [2.45, 2.75) is 26.4 Å². The van der Waals surface area contributed by atoms with Crippen LogP contribution in [0.5, 0.6) is 0 Å². The Morgan fingerprint density at radius 1 is 1.13 bits per heavy atom. The van der Waals surface area contributed by atoms with Crippen LogP contribution in [0.4, 0.5) is 0 Å². The Hall–Kier alpha value is -3.26. The Labute approximate surface area is 178 Å². The first kappa shape index (κ1) is 18.7. The summed E-state index contributed by atoms with van der Waals surface area (Å²) in [5, 5.41) is 15.3. The highest BCUT2D eigenvalue weighted by molar-refractivity contribution is 7.13. The van der Waals surface area contributed by atoms with Crippen LogP contribution >= 0.6 is 11.3 Å². The van der Waals surface area contributed by atoms with Gasteiger partial charge in [-0.1, -0.05) is 18.2 Å². The molecule has 8 heteroatoms. The van der Waals surface area contributed by atoms with Crippen LogP contribution in [-0.4, -0.2) is 41.9 Å². The Morgan fingerprint density at radius 2 is 1.93 bits per heavy atom. The Bertz CT molecular complexity index is 1210. The molecule has 1 unspecified atom stereocenters. The zero-order chi connectivity index (χ0) is 20.8. The van der Waals surface area contributed by atoms with Crippen LogP contribution in [0.15, 0.2) is 47.8 Å². The van der Waals surface area contributed by atoms with Crippen molar-refractivity contribution < 1.29 is 4.79 Å². The second-order valence-corrected chi connectivity index (χ2v) is 8.50. The number of hydrogen-bond acceptors (Lipinski definition) is 5. The van der Waals surface area contributed by atoms with Crippen LogP contribution in [0.2, 0.25) is 0 Å². The number of hydrogen-bond donors (Lipinski definition) is 0. The van der Waals surface area contributed by atoms with Crippen molar-refractivity contribution in [3.63, 3.8) is 0 Å². The molecular weight excluding hydrogens is 396 g/mol. The molecule has 30 heavy (non-hydrogen) atoms. The van der Waals surface area contributed by atoms with Gasteiger partial charge < -0.3 is 9.47 Å². The van der Waals surface area contributed by atoms with Gasteiger partial charge in [-0.3, -0.25) is 9.48 Å². The molecule has 4 heterocycles. The van der Waals surface area contributed by atoms with Crippen molar-refractivity contribution in [1.29, 1.82) is 0 Å². The number of carbonyl (C=O) groups excluding carboxylic acids is 1. The third kappa shape index (κ3) is 3.04. The summed E-state index contributed by atoms with van der Waals surface area (Å²) < 4.78 is 3.93. The summed E-state index contributed by atoms with van der Waals surface area (Å²) in [7, 11) is 1.91. The van der Waals surface area contributed by atoms with E-state index in [1.165, 1.54) is 4.88 Å². The SMILES string of the molecule is Cc1cc(-c2nnc3n2CCN(C(=O)c2ccc(-c4cccs4)cc2)C3C)n(C)n1. The molecule has 7 nitrogen and oxygen atoms in total. The van der Waals surface area contributed by atoms with E-state index in [9.17, 15) is 4.79 Å². The highest BCUT2D eigenvalue weighted by atomic mass is 32.1. The molecule has 0 fully saturated rings. The molecule has 0 aliphatic carbocycles. The zero-order valence-electron chi connectivity index (χ0n) is 17.1. The Balaban J connectivity index is 1.40. The number of benzene rings is 1. The minimum atomic E-state index is -0.154. The van der Waals surface area contributed by atoms with Gasteiger partial charge >= 0.3 is 0 Å². The van der Waals surface area contributed by atoms with Crippen molar-refractivity contribution >= 4 is 17.2 Å². The first-order valence-electron chi connectivity index (χ1n) is 9.92.